The molecule has 4 nitrogen and oxygen atoms in total. The van der Waals surface area contributed by atoms with Crippen molar-refractivity contribution in [2.24, 2.45) is 0 Å². The molecule has 3 rings (SSSR count). The van der Waals surface area contributed by atoms with Crippen LogP contribution >= 0.6 is 11.6 Å². The quantitative estimate of drug-likeness (QED) is 0.795. The van der Waals surface area contributed by atoms with Crippen LogP contribution in [-0.2, 0) is 0 Å². The number of aromatic nitrogens is 1. The van der Waals surface area contributed by atoms with Crippen molar-refractivity contribution in [3.05, 3.63) is 39.8 Å². The fraction of sp³-hybridized carbons (Fsp3) is 0.500. The molecule has 0 atom stereocenters. The Morgan fingerprint density at radius 1 is 1.17 bits per heavy atom. The molecule has 0 radical (unpaired) electrons. The average molecular weight is 334 g/mol. The molecule has 1 aliphatic carbocycles. The van der Waals surface area contributed by atoms with E-state index in [-0.39, 0.29) is 5.56 Å². The lowest BCUT2D eigenvalue weighted by molar-refractivity contribution is 0.336. The normalized spacial score (nSPS) is 21.7. The molecule has 1 saturated carbocycles. The second-order valence-corrected chi connectivity index (χ2v) is 7.15. The van der Waals surface area contributed by atoms with Crippen molar-refractivity contribution >= 4 is 28.1 Å². The Bertz CT molecular complexity index is 733. The Labute approximate surface area is 141 Å². The van der Waals surface area contributed by atoms with Crippen molar-refractivity contribution in [3.63, 3.8) is 0 Å². The largest absolute Gasteiger partial charge is 0.381 e. The third kappa shape index (κ3) is 3.88. The van der Waals surface area contributed by atoms with Crippen LogP contribution in [0.3, 0.4) is 0 Å². The van der Waals surface area contributed by atoms with Gasteiger partial charge in [0.15, 0.2) is 0 Å². The number of pyridine rings is 1. The number of H-pyrrole nitrogens is 1. The van der Waals surface area contributed by atoms with Crippen LogP contribution in [0.4, 0.5) is 5.69 Å². The second kappa shape index (κ2) is 6.93. The van der Waals surface area contributed by atoms with Crippen molar-refractivity contribution in [2.75, 3.05) is 5.32 Å². The smallest absolute Gasteiger partial charge is 0.255 e. The van der Waals surface area contributed by atoms with Crippen molar-refractivity contribution in [1.29, 1.82) is 0 Å². The highest BCUT2D eigenvalue weighted by Gasteiger charge is 2.22. The van der Waals surface area contributed by atoms with E-state index < -0.39 is 0 Å². The zero-order chi connectivity index (χ0) is 16.4. The Hall–Kier alpha value is -1.52. The molecule has 1 aliphatic rings. The van der Waals surface area contributed by atoms with Crippen molar-refractivity contribution < 1.29 is 0 Å². The molecular weight excluding hydrogens is 310 g/mol. The fourth-order valence-corrected chi connectivity index (χ4v) is 3.63. The van der Waals surface area contributed by atoms with Crippen LogP contribution in [0, 0.1) is 0 Å². The van der Waals surface area contributed by atoms with Gasteiger partial charge in [-0.15, -0.1) is 0 Å². The fourth-order valence-electron chi connectivity index (χ4n) is 3.42. The minimum Gasteiger partial charge on any atom is -0.381 e. The van der Waals surface area contributed by atoms with E-state index in [1.807, 2.05) is 12.1 Å². The van der Waals surface area contributed by atoms with Crippen LogP contribution in [0.25, 0.3) is 10.8 Å². The van der Waals surface area contributed by atoms with Crippen LogP contribution in [0.5, 0.6) is 0 Å². The van der Waals surface area contributed by atoms with E-state index in [4.69, 9.17) is 11.6 Å². The van der Waals surface area contributed by atoms with Crippen LogP contribution in [0.1, 0.15) is 39.5 Å². The molecule has 1 aromatic heterocycles. The number of nitrogens with one attached hydrogen (secondary N) is 3. The highest BCUT2D eigenvalue weighted by molar-refractivity contribution is 6.34. The summed E-state index contributed by atoms with van der Waals surface area (Å²) in [6.07, 6.45) is 6.30. The monoisotopic (exact) mass is 333 g/mol. The van der Waals surface area contributed by atoms with Gasteiger partial charge in [0.2, 0.25) is 0 Å². The maximum atomic E-state index is 11.8. The number of hydrogen-bond acceptors (Lipinski definition) is 3. The molecule has 2 aromatic rings. The number of benzene rings is 1. The third-order valence-corrected chi connectivity index (χ3v) is 4.83. The van der Waals surface area contributed by atoms with Gasteiger partial charge in [0, 0.05) is 29.7 Å². The Morgan fingerprint density at radius 2 is 1.87 bits per heavy atom. The Balaban J connectivity index is 1.70. The van der Waals surface area contributed by atoms with E-state index in [1.54, 1.807) is 12.3 Å². The van der Waals surface area contributed by atoms with Gasteiger partial charge >= 0.3 is 0 Å². The lowest BCUT2D eigenvalue weighted by Gasteiger charge is -2.31. The molecular formula is C18H24ClN3O. The SMILES string of the molecule is CC(C)N[C@H]1CC[C@@H](Nc2cc3cc[nH]c(=O)c3cc2Cl)CC1. The first-order valence-electron chi connectivity index (χ1n) is 8.36. The predicted molar refractivity (Wildman–Crippen MR) is 97.5 cm³/mol. The maximum Gasteiger partial charge on any atom is 0.255 e. The summed E-state index contributed by atoms with van der Waals surface area (Å²) in [5, 5.41) is 9.33. The zero-order valence-electron chi connectivity index (χ0n) is 13.7. The minimum atomic E-state index is -0.101. The summed E-state index contributed by atoms with van der Waals surface area (Å²) < 4.78 is 0. The summed E-state index contributed by atoms with van der Waals surface area (Å²) in [4.78, 5) is 14.5. The Morgan fingerprint density at radius 3 is 2.57 bits per heavy atom. The first-order valence-corrected chi connectivity index (χ1v) is 8.74. The lowest BCUT2D eigenvalue weighted by Crippen LogP contribution is -2.40. The summed E-state index contributed by atoms with van der Waals surface area (Å²) in [6.45, 7) is 4.39. The molecule has 23 heavy (non-hydrogen) atoms. The standard InChI is InChI=1S/C18H24ClN3O/c1-11(2)21-13-3-5-14(6-4-13)22-17-9-12-7-8-20-18(23)15(12)10-16(17)19/h7-11,13-14,21-22H,3-6H2,1-2H3,(H,20,23)/t13-,14+. The van der Waals surface area contributed by atoms with E-state index in [2.05, 4.69) is 29.5 Å². The highest BCUT2D eigenvalue weighted by Crippen LogP contribution is 2.30. The van der Waals surface area contributed by atoms with Crippen molar-refractivity contribution in [2.45, 2.75) is 57.7 Å². The van der Waals surface area contributed by atoms with Gasteiger partial charge in [-0.2, -0.15) is 0 Å². The number of hydrogen-bond donors (Lipinski definition) is 3. The summed E-state index contributed by atoms with van der Waals surface area (Å²) in [5.41, 5.74) is 0.821. The van der Waals surface area contributed by atoms with Crippen LogP contribution < -0.4 is 16.2 Å². The molecule has 1 heterocycles. The lowest BCUT2D eigenvalue weighted by atomic mass is 9.90. The molecule has 0 saturated heterocycles. The molecule has 0 unspecified atom stereocenters. The predicted octanol–water partition coefficient (Wildman–Crippen LogP) is 3.90. The third-order valence-electron chi connectivity index (χ3n) is 4.52. The minimum absolute atomic E-state index is 0.101. The molecule has 124 valence electrons. The van der Waals surface area contributed by atoms with Gasteiger partial charge in [0.1, 0.15) is 0 Å². The van der Waals surface area contributed by atoms with Gasteiger partial charge in [0.05, 0.1) is 10.7 Å². The summed E-state index contributed by atoms with van der Waals surface area (Å²) in [6, 6.07) is 7.24. The summed E-state index contributed by atoms with van der Waals surface area (Å²) in [7, 11) is 0. The van der Waals surface area contributed by atoms with Crippen LogP contribution in [-0.4, -0.2) is 23.1 Å². The molecule has 0 aliphatic heterocycles. The van der Waals surface area contributed by atoms with Gasteiger partial charge in [-0.25, -0.2) is 0 Å². The van der Waals surface area contributed by atoms with Gasteiger partial charge in [-0.1, -0.05) is 25.4 Å². The van der Waals surface area contributed by atoms with Gasteiger partial charge in [-0.05, 0) is 49.3 Å². The summed E-state index contributed by atoms with van der Waals surface area (Å²) in [5.74, 6) is 0. The van der Waals surface area contributed by atoms with Crippen LogP contribution in [0.15, 0.2) is 29.2 Å². The van der Waals surface area contributed by atoms with Gasteiger partial charge in [-0.3, -0.25) is 4.79 Å². The van der Waals surface area contributed by atoms with E-state index in [9.17, 15) is 4.79 Å². The van der Waals surface area contributed by atoms with Gasteiger partial charge < -0.3 is 15.6 Å². The molecule has 5 heteroatoms. The number of rotatable bonds is 4. The number of anilines is 1. The molecule has 0 amide bonds. The second-order valence-electron chi connectivity index (χ2n) is 6.74. The van der Waals surface area contributed by atoms with E-state index in [0.717, 1.165) is 23.9 Å². The summed E-state index contributed by atoms with van der Waals surface area (Å²) >= 11 is 6.36. The highest BCUT2D eigenvalue weighted by atomic mass is 35.5. The van der Waals surface area contributed by atoms with E-state index >= 15 is 0 Å². The maximum absolute atomic E-state index is 11.8. The van der Waals surface area contributed by atoms with E-state index in [1.165, 1.54) is 12.8 Å². The molecule has 0 spiro atoms. The molecule has 0 bridgehead atoms. The first-order chi connectivity index (χ1) is 11.0. The Kier molecular flexibility index (Phi) is 4.93. The first kappa shape index (κ1) is 16.3. The number of aromatic amines is 1. The topological polar surface area (TPSA) is 56.9 Å². The van der Waals surface area contributed by atoms with Gasteiger partial charge in [0.25, 0.3) is 5.56 Å². The molecule has 1 aromatic carbocycles. The number of fused-ring (bicyclic) bond motifs is 1. The molecule has 3 N–H and O–H groups in total. The van der Waals surface area contributed by atoms with Crippen molar-refractivity contribution in [1.82, 2.24) is 10.3 Å². The average Bonchev–Trinajstić information content (AvgIpc) is 2.50. The van der Waals surface area contributed by atoms with E-state index in [0.29, 0.717) is 28.5 Å². The van der Waals surface area contributed by atoms with Crippen molar-refractivity contribution in [3.8, 4) is 0 Å². The molecule has 1 fully saturated rings. The number of halogens is 1. The van der Waals surface area contributed by atoms with Crippen LogP contribution in [0.2, 0.25) is 5.02 Å². The zero-order valence-corrected chi connectivity index (χ0v) is 14.4.